The molecule has 0 fully saturated rings. The van der Waals surface area contributed by atoms with Gasteiger partial charge in [-0.25, -0.2) is 9.13 Å². The Hall–Kier alpha value is -1.94. The average molecular weight is 1450 g/mol. The number of carbonyl (C=O) groups is 4. The molecule has 0 aliphatic heterocycles. The van der Waals surface area contributed by atoms with Gasteiger partial charge in [0.2, 0.25) is 0 Å². The van der Waals surface area contributed by atoms with Crippen LogP contribution in [0.3, 0.4) is 0 Å². The van der Waals surface area contributed by atoms with Gasteiger partial charge in [-0.1, -0.05) is 369 Å². The standard InChI is InChI=1S/C80H156O17P2/c1-7-9-11-13-15-17-19-21-23-25-27-29-31-33-35-37-39-44-52-58-64-79(84)96-75(68-90-77(82)62-56-50-43-38-36-34-32-30-28-26-24-22-20-18-16-14-12-10-8-2)70-94-98(86,87)92-66-74(81)67-93-99(88,89)95-71-76(69-91-78(83)63-57-51-47-46-49-55-61-73(5)6)97-80(85)65-59-53-45-41-40-42-48-54-60-72(3)4/h72-76,81H,7-71H2,1-6H3,(H,86,87)(H,88,89)/t74-,75-,76-/m1/s1. The first-order valence-corrected chi connectivity index (χ1v) is 44.5. The van der Waals surface area contributed by atoms with E-state index < -0.39 is 97.5 Å². The van der Waals surface area contributed by atoms with Crippen LogP contribution in [0.4, 0.5) is 0 Å². The predicted molar refractivity (Wildman–Crippen MR) is 405 cm³/mol. The van der Waals surface area contributed by atoms with Gasteiger partial charge < -0.3 is 33.8 Å². The number of rotatable bonds is 79. The summed E-state index contributed by atoms with van der Waals surface area (Å²) in [5.74, 6) is -0.718. The molecule has 0 aliphatic carbocycles. The molecule has 0 amide bonds. The molecule has 99 heavy (non-hydrogen) atoms. The van der Waals surface area contributed by atoms with Crippen molar-refractivity contribution in [2.75, 3.05) is 39.6 Å². The number of hydrogen-bond donors (Lipinski definition) is 3. The van der Waals surface area contributed by atoms with Gasteiger partial charge in [0.15, 0.2) is 12.2 Å². The monoisotopic (exact) mass is 1450 g/mol. The molecule has 0 aromatic heterocycles. The van der Waals surface area contributed by atoms with E-state index in [1.807, 2.05) is 0 Å². The van der Waals surface area contributed by atoms with Crippen molar-refractivity contribution in [2.45, 2.75) is 439 Å². The van der Waals surface area contributed by atoms with Crippen LogP contribution in [0.2, 0.25) is 0 Å². The van der Waals surface area contributed by atoms with Crippen molar-refractivity contribution in [3.05, 3.63) is 0 Å². The minimum atomic E-state index is -4.96. The second kappa shape index (κ2) is 71.7. The fourth-order valence-electron chi connectivity index (χ4n) is 12.4. The molecule has 2 unspecified atom stereocenters. The van der Waals surface area contributed by atoms with Gasteiger partial charge in [-0.05, 0) is 37.5 Å². The molecule has 0 saturated carbocycles. The van der Waals surface area contributed by atoms with E-state index in [1.165, 1.54) is 231 Å². The summed E-state index contributed by atoms with van der Waals surface area (Å²) in [5, 5.41) is 10.6. The summed E-state index contributed by atoms with van der Waals surface area (Å²) < 4.78 is 68.6. The molecule has 0 rings (SSSR count). The van der Waals surface area contributed by atoms with Crippen LogP contribution in [0.15, 0.2) is 0 Å². The van der Waals surface area contributed by atoms with Crippen molar-refractivity contribution in [3.63, 3.8) is 0 Å². The molecule has 19 heteroatoms. The van der Waals surface area contributed by atoms with Gasteiger partial charge in [-0.15, -0.1) is 0 Å². The number of phosphoric acid groups is 2. The summed E-state index contributed by atoms with van der Waals surface area (Å²) >= 11 is 0. The Kier molecular flexibility index (Phi) is 70.3. The number of esters is 4. The van der Waals surface area contributed by atoms with Crippen molar-refractivity contribution >= 4 is 39.5 Å². The Morgan fingerprint density at radius 2 is 0.465 bits per heavy atom. The summed E-state index contributed by atoms with van der Waals surface area (Å²) in [5.41, 5.74) is 0. The first-order chi connectivity index (χ1) is 47.9. The SMILES string of the molecule is CCCCCCCCCCCCCCCCCCCCCCC(=O)O[C@H](COC(=O)CCCCCCCCCCCCCCCCCCCCC)COP(=O)(O)OC[C@@H](O)COP(=O)(O)OC[C@@H](COC(=O)CCCCCCCCC(C)C)OC(=O)CCCCCCCCCCC(C)C. The van der Waals surface area contributed by atoms with Crippen molar-refractivity contribution in [1.29, 1.82) is 0 Å². The summed E-state index contributed by atoms with van der Waals surface area (Å²) in [4.78, 5) is 72.9. The summed E-state index contributed by atoms with van der Waals surface area (Å²) in [7, 11) is -9.91. The van der Waals surface area contributed by atoms with Crippen LogP contribution >= 0.6 is 15.6 Å². The van der Waals surface area contributed by atoms with E-state index in [-0.39, 0.29) is 25.7 Å². The molecule has 17 nitrogen and oxygen atoms in total. The number of hydrogen-bond acceptors (Lipinski definition) is 15. The van der Waals surface area contributed by atoms with Crippen molar-refractivity contribution in [3.8, 4) is 0 Å². The molecule has 0 heterocycles. The summed E-state index contributed by atoms with van der Waals surface area (Å²) in [6.07, 6.45) is 61.5. The van der Waals surface area contributed by atoms with E-state index in [2.05, 4.69) is 41.5 Å². The molecule has 0 aliphatic rings. The molecule has 0 saturated heterocycles. The molecule has 0 bridgehead atoms. The molecular weight excluding hydrogens is 1290 g/mol. The molecule has 588 valence electrons. The zero-order chi connectivity index (χ0) is 72.8. The lowest BCUT2D eigenvalue weighted by Crippen LogP contribution is -2.30. The van der Waals surface area contributed by atoms with E-state index in [0.717, 1.165) is 102 Å². The van der Waals surface area contributed by atoms with Crippen LogP contribution in [-0.4, -0.2) is 96.7 Å². The van der Waals surface area contributed by atoms with Gasteiger partial charge in [0.05, 0.1) is 26.4 Å². The van der Waals surface area contributed by atoms with E-state index in [9.17, 15) is 43.2 Å². The van der Waals surface area contributed by atoms with Crippen LogP contribution in [0.1, 0.15) is 420 Å². The van der Waals surface area contributed by atoms with Crippen LogP contribution in [0.5, 0.6) is 0 Å². The predicted octanol–water partition coefficient (Wildman–Crippen LogP) is 23.9. The first-order valence-electron chi connectivity index (χ1n) is 41.5. The Morgan fingerprint density at radius 3 is 0.687 bits per heavy atom. The third-order valence-corrected chi connectivity index (χ3v) is 20.6. The van der Waals surface area contributed by atoms with E-state index in [4.69, 9.17) is 37.0 Å². The highest BCUT2D eigenvalue weighted by atomic mass is 31.2. The number of aliphatic hydroxyl groups excluding tert-OH is 1. The molecule has 0 aromatic rings. The minimum absolute atomic E-state index is 0.104. The Bertz CT molecular complexity index is 1910. The van der Waals surface area contributed by atoms with Gasteiger partial charge in [0, 0.05) is 25.7 Å². The maximum atomic E-state index is 13.1. The molecular formula is C80H156O17P2. The van der Waals surface area contributed by atoms with Gasteiger partial charge in [-0.2, -0.15) is 0 Å². The fraction of sp³-hybridized carbons (Fsp3) is 0.950. The number of ether oxygens (including phenoxy) is 4. The third-order valence-electron chi connectivity index (χ3n) is 18.7. The molecule has 3 N–H and O–H groups in total. The zero-order valence-corrected chi connectivity index (χ0v) is 66.6. The van der Waals surface area contributed by atoms with Crippen molar-refractivity contribution in [2.24, 2.45) is 11.8 Å². The molecule has 0 spiro atoms. The lowest BCUT2D eigenvalue weighted by atomic mass is 10.0. The summed E-state index contributed by atoms with van der Waals surface area (Å²) in [6.45, 7) is 9.49. The first kappa shape index (κ1) is 97.1. The van der Waals surface area contributed by atoms with Gasteiger partial charge >= 0.3 is 39.5 Å². The Balaban J connectivity index is 5.19. The van der Waals surface area contributed by atoms with Gasteiger partial charge in [0.1, 0.15) is 19.3 Å². The Labute approximate surface area is 607 Å². The Morgan fingerprint density at radius 1 is 0.273 bits per heavy atom. The van der Waals surface area contributed by atoms with E-state index >= 15 is 0 Å². The summed E-state index contributed by atoms with van der Waals surface area (Å²) in [6, 6.07) is 0. The number of aliphatic hydroxyl groups is 1. The normalized spacial score (nSPS) is 13.9. The van der Waals surface area contributed by atoms with Crippen molar-refractivity contribution in [1.82, 2.24) is 0 Å². The highest BCUT2D eigenvalue weighted by molar-refractivity contribution is 7.47. The molecule has 5 atom stereocenters. The minimum Gasteiger partial charge on any atom is -0.462 e. The average Bonchev–Trinajstić information content (AvgIpc) is 1.14. The maximum absolute atomic E-state index is 13.1. The second-order valence-corrected chi connectivity index (χ2v) is 32.7. The quantitative estimate of drug-likeness (QED) is 0.0222. The number of unbranched alkanes of at least 4 members (excludes halogenated alkanes) is 49. The van der Waals surface area contributed by atoms with Crippen LogP contribution in [-0.2, 0) is 65.4 Å². The van der Waals surface area contributed by atoms with Gasteiger partial charge in [0.25, 0.3) is 0 Å². The van der Waals surface area contributed by atoms with Crippen molar-refractivity contribution < 1.29 is 80.2 Å². The largest absolute Gasteiger partial charge is 0.472 e. The fourth-order valence-corrected chi connectivity index (χ4v) is 13.9. The molecule has 0 aromatic carbocycles. The highest BCUT2D eigenvalue weighted by Crippen LogP contribution is 2.45. The molecule has 0 radical (unpaired) electrons. The van der Waals surface area contributed by atoms with Crippen LogP contribution in [0.25, 0.3) is 0 Å². The smallest absolute Gasteiger partial charge is 0.462 e. The zero-order valence-electron chi connectivity index (χ0n) is 64.8. The van der Waals surface area contributed by atoms with Crippen LogP contribution in [0, 0.1) is 11.8 Å². The van der Waals surface area contributed by atoms with Crippen LogP contribution < -0.4 is 0 Å². The maximum Gasteiger partial charge on any atom is 0.472 e. The lowest BCUT2D eigenvalue weighted by Gasteiger charge is -2.21. The van der Waals surface area contributed by atoms with Gasteiger partial charge in [-0.3, -0.25) is 37.3 Å². The number of carbonyl (C=O) groups excluding carboxylic acids is 4. The number of phosphoric ester groups is 2. The lowest BCUT2D eigenvalue weighted by molar-refractivity contribution is -0.161. The van der Waals surface area contributed by atoms with E-state index in [0.29, 0.717) is 31.6 Å². The second-order valence-electron chi connectivity index (χ2n) is 29.8. The highest BCUT2D eigenvalue weighted by Gasteiger charge is 2.30. The van der Waals surface area contributed by atoms with E-state index in [1.54, 1.807) is 0 Å². The third kappa shape index (κ3) is 74.1. The topological polar surface area (TPSA) is 237 Å².